The van der Waals surface area contributed by atoms with Gasteiger partial charge in [-0.25, -0.2) is 9.97 Å². The Morgan fingerprint density at radius 1 is 0.353 bits per heavy atom. The molecule has 133 heavy (non-hydrogen) atoms. The third-order valence-corrected chi connectivity index (χ3v) is 26.9. The summed E-state index contributed by atoms with van der Waals surface area (Å²) in [5.74, 6) is 0.729. The van der Waals surface area contributed by atoms with E-state index in [2.05, 4.69) is 403 Å². The highest BCUT2D eigenvalue weighted by Gasteiger charge is 2.36. The quantitative estimate of drug-likeness (QED) is 0.0672. The third kappa shape index (κ3) is 15.2. The van der Waals surface area contributed by atoms with E-state index in [1.807, 2.05) is 79.5 Å². The van der Waals surface area contributed by atoms with E-state index in [0.29, 0.717) is 19.2 Å². The fraction of sp³-hybridized carbons (Fsp3) is 0.0331. The molecule has 1 aliphatic rings. The van der Waals surface area contributed by atoms with E-state index >= 15 is 0 Å². The molecule has 10 nitrogen and oxygen atoms in total. The van der Waals surface area contributed by atoms with E-state index < -0.39 is 0 Å². The minimum Gasteiger partial charge on any atom is -0.310 e. The highest BCUT2D eigenvalue weighted by Crippen LogP contribution is 2.52. The summed E-state index contributed by atoms with van der Waals surface area (Å²) < 4.78 is 17.0. The van der Waals surface area contributed by atoms with Gasteiger partial charge in [0, 0.05) is 87.0 Å². The molecule has 0 N–H and O–H groups in total. The second-order valence-electron chi connectivity index (χ2n) is 33.5. The Bertz CT molecular complexity index is 8650. The average molecular weight is 1740 g/mol. The Hall–Kier alpha value is -17.3. The van der Waals surface area contributed by atoms with Crippen LogP contribution < -0.4 is 15.3 Å². The Kier molecular flexibility index (Phi) is 21.7. The molecule has 0 spiro atoms. The van der Waals surface area contributed by atoms with Crippen molar-refractivity contribution in [2.24, 2.45) is 4.76 Å². The zero-order valence-corrected chi connectivity index (χ0v) is 74.6. The second-order valence-corrected chi connectivity index (χ2v) is 35.2. The number of nitriles is 4. The van der Waals surface area contributed by atoms with Gasteiger partial charge in [0.05, 0.1) is 39.3 Å². The maximum Gasteiger partial charge on any atom is 0.160 e. The van der Waals surface area contributed by atoms with Gasteiger partial charge in [-0.3, -0.25) is 4.76 Å². The largest absolute Gasteiger partial charge is 0.310 e. The smallest absolute Gasteiger partial charge is 0.160 e. The number of rotatable bonds is 12. The number of nitrogens with zero attached hydrogens (tertiary/aromatic N) is 10. The predicted molar refractivity (Wildman–Crippen MR) is 557 cm³/mol. The van der Waals surface area contributed by atoms with Gasteiger partial charge in [-0.1, -0.05) is 299 Å². The predicted octanol–water partition coefficient (Wildman–Crippen LogP) is 30.4. The molecule has 0 saturated carbocycles. The molecule has 626 valence electrons. The van der Waals surface area contributed by atoms with Gasteiger partial charge in [0.15, 0.2) is 5.82 Å². The average Bonchev–Trinajstić information content (AvgIpc) is 1.37. The van der Waals surface area contributed by atoms with Gasteiger partial charge >= 0.3 is 0 Å². The molecule has 0 amide bonds. The van der Waals surface area contributed by atoms with Crippen LogP contribution in [0.4, 0.5) is 17.1 Å². The fourth-order valence-corrected chi connectivity index (χ4v) is 20.4. The molecule has 24 rings (SSSR count). The minimum atomic E-state index is -0.0864. The van der Waals surface area contributed by atoms with Crippen molar-refractivity contribution in [3.8, 4) is 114 Å². The summed E-state index contributed by atoms with van der Waals surface area (Å²) in [7, 11) is 0.540. The number of thiophene rings is 1. The van der Waals surface area contributed by atoms with Crippen LogP contribution in [0.25, 0.3) is 197 Å². The van der Waals surface area contributed by atoms with E-state index in [9.17, 15) is 0 Å². The van der Waals surface area contributed by atoms with Crippen molar-refractivity contribution in [3.05, 3.63) is 440 Å². The third-order valence-electron chi connectivity index (χ3n) is 25.5. The lowest BCUT2D eigenvalue weighted by Gasteiger charge is -2.28. The van der Waals surface area contributed by atoms with Gasteiger partial charge in [0.25, 0.3) is 0 Å². The van der Waals surface area contributed by atoms with Crippen LogP contribution in [0.1, 0.15) is 26.3 Å². The van der Waals surface area contributed by atoms with Crippen LogP contribution in [-0.4, -0.2) is 32.5 Å². The molecule has 23 aromatic rings. The van der Waals surface area contributed by atoms with Crippen molar-refractivity contribution in [3.63, 3.8) is 0 Å². The van der Waals surface area contributed by atoms with E-state index in [4.69, 9.17) is 32.4 Å². The van der Waals surface area contributed by atoms with Gasteiger partial charge in [0.1, 0.15) is 35.4 Å². The fourth-order valence-electron chi connectivity index (χ4n) is 19.3. The molecular formula is C121H81N10PS. The van der Waals surface area contributed by atoms with Crippen LogP contribution in [0.5, 0.6) is 0 Å². The van der Waals surface area contributed by atoms with Crippen molar-refractivity contribution < 1.29 is 1.37 Å². The number of aromatic nitrogens is 4. The van der Waals surface area contributed by atoms with E-state index in [1.54, 1.807) is 11.3 Å². The number of hydrogen-bond donors (Lipinski definition) is 0. The molecule has 0 fully saturated rings. The maximum atomic E-state index is 9.15. The topological polar surface area (TPSA) is 146 Å². The molecule has 0 bridgehead atoms. The van der Waals surface area contributed by atoms with E-state index in [1.165, 1.54) is 115 Å². The molecule has 0 aliphatic heterocycles. The highest BCUT2D eigenvalue weighted by molar-refractivity contribution is 7.35. The number of benzene rings is 19. The van der Waals surface area contributed by atoms with Crippen molar-refractivity contribution in [1.82, 2.24) is 19.1 Å². The zero-order chi connectivity index (χ0) is 90.9. The van der Waals surface area contributed by atoms with Crippen molar-refractivity contribution in [1.29, 1.82) is 21.0 Å². The second kappa shape index (κ2) is 35.4. The zero-order valence-electron chi connectivity index (χ0n) is 73.8. The molecule has 1 aliphatic carbocycles. The molecule has 1 atom stereocenters. The van der Waals surface area contributed by atoms with Gasteiger partial charge in [0.2, 0.25) is 0 Å². The first-order valence-electron chi connectivity index (χ1n) is 44.6. The number of fused-ring (bicyclic) bond motifs is 12. The van der Waals surface area contributed by atoms with Crippen molar-refractivity contribution in [2.75, 3.05) is 11.6 Å². The normalized spacial score (nSPS) is 11.9. The van der Waals surface area contributed by atoms with Crippen molar-refractivity contribution in [2.45, 2.75) is 19.3 Å². The van der Waals surface area contributed by atoms with E-state index in [-0.39, 0.29) is 16.6 Å². The Labute approximate surface area is 776 Å². The molecule has 19 aromatic carbocycles. The highest BCUT2D eigenvalue weighted by atomic mass is 32.1. The van der Waals surface area contributed by atoms with Crippen LogP contribution in [0.3, 0.4) is 0 Å². The summed E-state index contributed by atoms with van der Waals surface area (Å²) in [6.45, 7) is 7.69. The van der Waals surface area contributed by atoms with E-state index in [0.717, 1.165) is 106 Å². The summed E-state index contributed by atoms with van der Waals surface area (Å²) >= 11 is 1.76. The first kappa shape index (κ1) is 81.5. The van der Waals surface area contributed by atoms with Crippen LogP contribution in [0, 0.1) is 45.3 Å². The van der Waals surface area contributed by atoms with Gasteiger partial charge < -0.3 is 14.0 Å². The SMILES string of the molecule is CC1(C)c2ccccc2-c2ccc(N(c3ccc(-c4ccccc4)cc3)c3ccc(-c4ccc5c(c4)c4ccccc4n5-c4ccccc4)cc3)cc21.N#CC(C#N)=c1cc2ccc3cc(=C(C#N)C#N)cc4ccc(c1)c2c34.[3H]C=NPC.c1ccc(-c2ccc3c(c2)c2c(-c4cccc(-c5nc(-c6ccccc6)c6sc7ccccc7c6n5)c4)cccc2n3-c2ccccc2)cc1. The number of para-hydroxylation sites is 3. The van der Waals surface area contributed by atoms with Gasteiger partial charge in [-0.15, -0.1) is 11.3 Å². The van der Waals surface area contributed by atoms with Crippen LogP contribution >= 0.6 is 20.1 Å². The number of hydrogen-bond acceptors (Lipinski definition) is 9. The minimum absolute atomic E-state index is 0.0834. The summed E-state index contributed by atoms with van der Waals surface area (Å²) in [5.41, 5.74) is 29.6. The molecule has 0 saturated heterocycles. The number of anilines is 3. The first-order valence-corrected chi connectivity index (χ1v) is 46.3. The summed E-state index contributed by atoms with van der Waals surface area (Å²) in [4.78, 5) is 12.9. The molecule has 4 heterocycles. The molecule has 12 heteroatoms. The monoisotopic (exact) mass is 1740 g/mol. The Morgan fingerprint density at radius 3 is 1.35 bits per heavy atom. The van der Waals surface area contributed by atoms with Gasteiger partial charge in [-0.05, 0) is 255 Å². The molecule has 1 unspecified atom stereocenters. The summed E-state index contributed by atoms with van der Waals surface area (Å²) in [5, 5.41) is 49.8. The summed E-state index contributed by atoms with van der Waals surface area (Å²) in [6.07, 6.45) is 0. The lowest BCUT2D eigenvalue weighted by Crippen LogP contribution is -2.16. The standard InChI is InChI=1S/C51H38N2.C46H29N3S.C22H8N4.C2H6NP/c1-51(2)47-19-11-9-17-43(47)44-31-30-42(34-48(44)51)52(40-26-21-36(22-27-40)35-13-5-3-6-14-35)41-28-23-37(24-29-41)38-25-32-50-46(33-38)45-18-10-12-20-49(45)53(50)39-15-7-4-8-16-39;1-4-14-30(15-5-1)32-26-27-39-38(29-32)42-36(23-13-24-40(42)49(39)35-20-8-3-9-21-35)33-18-12-19-34(28-33)46-47-43(31-16-6-2-7-17-31)45-44(48-46)37-22-10-11-25-41(37)50-45;23-9-19(10-24)17-5-13-1-2-14-6-18(20(11-25)12-26)8-16-4-3-15(7-17)21(13)22(14)16;1-3-4-2/h3-34H,1-2H3;1-29H;1-8H;4H,1H2,2H3/i;;;1T. The van der Waals surface area contributed by atoms with Crippen LogP contribution in [0.15, 0.2) is 423 Å². The lowest BCUT2D eigenvalue weighted by atomic mass is 9.82. The molecular weight excluding hydrogens is 1660 g/mol. The Morgan fingerprint density at radius 2 is 0.782 bits per heavy atom. The van der Waals surface area contributed by atoms with Crippen LogP contribution in [-0.2, 0) is 5.41 Å². The van der Waals surface area contributed by atoms with Crippen LogP contribution in [0.2, 0.25) is 0 Å². The molecule has 0 radical (unpaired) electrons. The molecule has 4 aromatic heterocycles. The lowest BCUT2D eigenvalue weighted by molar-refractivity contribution is 0.660. The van der Waals surface area contributed by atoms with Crippen molar-refractivity contribution >= 4 is 151 Å². The first-order chi connectivity index (χ1) is 65.9. The Balaban J connectivity index is 0.000000124. The maximum absolute atomic E-state index is 9.15. The van der Waals surface area contributed by atoms with Gasteiger partial charge in [-0.2, -0.15) is 21.0 Å². The summed E-state index contributed by atoms with van der Waals surface area (Å²) in [6, 6.07) is 156.